The van der Waals surface area contributed by atoms with Crippen LogP contribution in [-0.2, 0) is 0 Å². The molecule has 3 heterocycles. The molecule has 0 aliphatic carbocycles. The van der Waals surface area contributed by atoms with E-state index in [2.05, 4.69) is 25.5 Å². The first kappa shape index (κ1) is 14.8. The molecule has 1 aliphatic rings. The molecule has 3 aromatic rings. The van der Waals surface area contributed by atoms with Crippen molar-refractivity contribution in [1.82, 2.24) is 35.1 Å². The molecular formula is C16H19N7O. The third-order valence-corrected chi connectivity index (χ3v) is 4.50. The van der Waals surface area contributed by atoms with Gasteiger partial charge in [-0.3, -0.25) is 4.79 Å². The summed E-state index contributed by atoms with van der Waals surface area (Å²) in [6.07, 6.45) is 1.97. The number of H-pyrrole nitrogens is 1. The lowest BCUT2D eigenvalue weighted by Crippen LogP contribution is -2.41. The van der Waals surface area contributed by atoms with Gasteiger partial charge in [-0.1, -0.05) is 0 Å². The average Bonchev–Trinajstić information content (AvgIpc) is 3.19. The van der Waals surface area contributed by atoms with Crippen molar-refractivity contribution in [3.8, 4) is 0 Å². The van der Waals surface area contributed by atoms with Crippen LogP contribution in [0, 0.1) is 13.8 Å². The number of aromatic amines is 1. The lowest BCUT2D eigenvalue weighted by Gasteiger charge is -2.33. The Hall–Kier alpha value is -2.77. The van der Waals surface area contributed by atoms with Crippen molar-refractivity contribution < 1.29 is 4.79 Å². The van der Waals surface area contributed by atoms with Gasteiger partial charge in [0, 0.05) is 18.7 Å². The highest BCUT2D eigenvalue weighted by molar-refractivity contribution is 5.97. The number of aromatic nitrogens is 6. The number of amides is 1. The van der Waals surface area contributed by atoms with Crippen molar-refractivity contribution in [2.75, 3.05) is 13.1 Å². The zero-order valence-corrected chi connectivity index (χ0v) is 13.7. The van der Waals surface area contributed by atoms with Gasteiger partial charge in [-0.05, 0) is 44.9 Å². The Bertz CT molecular complexity index is 897. The van der Waals surface area contributed by atoms with Crippen LogP contribution in [0.15, 0.2) is 18.2 Å². The zero-order chi connectivity index (χ0) is 16.7. The van der Waals surface area contributed by atoms with Crippen LogP contribution in [0.4, 0.5) is 0 Å². The molecule has 2 aromatic heterocycles. The Balaban J connectivity index is 1.56. The summed E-state index contributed by atoms with van der Waals surface area (Å²) in [5, 5.41) is 15.1. The Morgan fingerprint density at radius 2 is 2.08 bits per heavy atom. The van der Waals surface area contributed by atoms with Crippen molar-refractivity contribution in [2.24, 2.45) is 0 Å². The molecule has 24 heavy (non-hydrogen) atoms. The fraction of sp³-hybridized carbons (Fsp3) is 0.438. The van der Waals surface area contributed by atoms with Crippen LogP contribution < -0.4 is 0 Å². The number of rotatable bonds is 2. The van der Waals surface area contributed by atoms with E-state index in [9.17, 15) is 4.79 Å². The average molecular weight is 325 g/mol. The molecule has 1 N–H and O–H groups in total. The first-order valence-corrected chi connectivity index (χ1v) is 8.11. The van der Waals surface area contributed by atoms with Gasteiger partial charge in [0.05, 0.1) is 6.04 Å². The number of hydrogen-bond donors (Lipinski definition) is 1. The van der Waals surface area contributed by atoms with E-state index in [1.165, 1.54) is 0 Å². The van der Waals surface area contributed by atoms with Crippen molar-refractivity contribution in [3.05, 3.63) is 35.4 Å². The fourth-order valence-electron chi connectivity index (χ4n) is 3.38. The smallest absolute Gasteiger partial charge is 0.254 e. The Morgan fingerprint density at radius 3 is 2.88 bits per heavy atom. The number of likely N-dealkylation sites (tertiary alicyclic amines) is 1. The summed E-state index contributed by atoms with van der Waals surface area (Å²) in [6, 6.07) is 5.59. The molecule has 4 rings (SSSR count). The number of nitrogens with one attached hydrogen (secondary N) is 1. The topological polar surface area (TPSA) is 92.6 Å². The normalized spacial score (nSPS) is 18.2. The van der Waals surface area contributed by atoms with Crippen LogP contribution in [0.2, 0.25) is 0 Å². The summed E-state index contributed by atoms with van der Waals surface area (Å²) >= 11 is 0. The molecule has 1 fully saturated rings. The van der Waals surface area contributed by atoms with Crippen molar-refractivity contribution in [2.45, 2.75) is 32.7 Å². The molecule has 1 aliphatic heterocycles. The van der Waals surface area contributed by atoms with Crippen LogP contribution in [0.25, 0.3) is 11.0 Å². The molecule has 1 amide bonds. The molecule has 0 bridgehead atoms. The van der Waals surface area contributed by atoms with E-state index < -0.39 is 0 Å². The van der Waals surface area contributed by atoms with E-state index in [0.717, 1.165) is 36.6 Å². The Labute approximate surface area is 138 Å². The molecule has 1 aromatic carbocycles. The molecule has 0 radical (unpaired) electrons. The highest BCUT2D eigenvalue weighted by Crippen LogP contribution is 2.24. The molecule has 0 unspecified atom stereocenters. The predicted molar refractivity (Wildman–Crippen MR) is 87.6 cm³/mol. The summed E-state index contributed by atoms with van der Waals surface area (Å²) in [7, 11) is 0. The number of piperidine rings is 1. The van der Waals surface area contributed by atoms with E-state index in [-0.39, 0.29) is 11.9 Å². The van der Waals surface area contributed by atoms with Gasteiger partial charge in [-0.2, -0.15) is 20.5 Å². The quantitative estimate of drug-likeness (QED) is 0.773. The first-order valence-electron chi connectivity index (χ1n) is 8.11. The van der Waals surface area contributed by atoms with Crippen LogP contribution in [0.5, 0.6) is 0 Å². The number of fused-ring (bicyclic) bond motifs is 1. The molecule has 0 spiro atoms. The summed E-state index contributed by atoms with van der Waals surface area (Å²) in [6.45, 7) is 5.26. The number of hydrogen-bond acceptors (Lipinski definition) is 5. The molecule has 1 atom stereocenters. The minimum atomic E-state index is 0.0269. The molecule has 1 saturated heterocycles. The first-order chi connectivity index (χ1) is 11.6. The lowest BCUT2D eigenvalue weighted by molar-refractivity contribution is 0.0671. The molecule has 124 valence electrons. The number of benzene rings is 1. The van der Waals surface area contributed by atoms with Gasteiger partial charge < -0.3 is 4.90 Å². The third-order valence-electron chi connectivity index (χ3n) is 4.50. The second-order valence-corrected chi connectivity index (χ2v) is 6.23. The van der Waals surface area contributed by atoms with Crippen LogP contribution in [-0.4, -0.2) is 54.1 Å². The van der Waals surface area contributed by atoms with Gasteiger partial charge in [-0.25, -0.2) is 9.67 Å². The van der Waals surface area contributed by atoms with Crippen molar-refractivity contribution >= 4 is 16.9 Å². The zero-order valence-electron chi connectivity index (χ0n) is 13.7. The number of aryl methyl sites for hydroxylation is 2. The second-order valence-electron chi connectivity index (χ2n) is 6.23. The lowest BCUT2D eigenvalue weighted by atomic mass is 10.0. The molecule has 8 nitrogen and oxygen atoms in total. The van der Waals surface area contributed by atoms with E-state index in [4.69, 9.17) is 0 Å². The standard InChI is InChI=1S/C16H19N7O/c1-10-17-11(2)23(20-10)13-4-3-7-22(9-13)16(24)12-5-6-14-15(8-12)19-21-18-14/h5-6,8,13H,3-4,7,9H2,1-2H3,(H,18,19,21)/t13-/m0/s1. The number of carbonyl (C=O) groups excluding carboxylic acids is 1. The number of nitrogens with zero attached hydrogens (tertiary/aromatic N) is 6. The SMILES string of the molecule is Cc1nc(C)n([C@H]2CCCN(C(=O)c3ccc4n[nH]nc4c3)C2)n1. The van der Waals surface area contributed by atoms with E-state index in [1.807, 2.05) is 35.6 Å². The van der Waals surface area contributed by atoms with Crippen LogP contribution in [0.3, 0.4) is 0 Å². The highest BCUT2D eigenvalue weighted by atomic mass is 16.2. The minimum absolute atomic E-state index is 0.0269. The summed E-state index contributed by atoms with van der Waals surface area (Å²) < 4.78 is 1.95. The predicted octanol–water partition coefficient (Wildman–Crippen LogP) is 1.64. The molecular weight excluding hydrogens is 306 g/mol. The van der Waals surface area contributed by atoms with Crippen LogP contribution in [0.1, 0.15) is 40.9 Å². The van der Waals surface area contributed by atoms with E-state index in [1.54, 1.807) is 6.07 Å². The maximum absolute atomic E-state index is 12.9. The molecule has 0 saturated carbocycles. The van der Waals surface area contributed by atoms with Gasteiger partial charge in [0.25, 0.3) is 5.91 Å². The van der Waals surface area contributed by atoms with Crippen molar-refractivity contribution in [1.29, 1.82) is 0 Å². The van der Waals surface area contributed by atoms with Gasteiger partial charge in [0.2, 0.25) is 0 Å². The maximum Gasteiger partial charge on any atom is 0.254 e. The maximum atomic E-state index is 12.9. The van der Waals surface area contributed by atoms with Crippen LogP contribution >= 0.6 is 0 Å². The summed E-state index contributed by atoms with van der Waals surface area (Å²) in [5.41, 5.74) is 2.11. The summed E-state index contributed by atoms with van der Waals surface area (Å²) in [4.78, 5) is 19.1. The third kappa shape index (κ3) is 2.53. The van der Waals surface area contributed by atoms with Gasteiger partial charge in [-0.15, -0.1) is 0 Å². The van der Waals surface area contributed by atoms with Gasteiger partial charge in [0.15, 0.2) is 0 Å². The Kier molecular flexibility index (Phi) is 3.51. The van der Waals surface area contributed by atoms with Gasteiger partial charge in [0.1, 0.15) is 22.7 Å². The Morgan fingerprint density at radius 1 is 1.25 bits per heavy atom. The van der Waals surface area contributed by atoms with Crippen molar-refractivity contribution in [3.63, 3.8) is 0 Å². The highest BCUT2D eigenvalue weighted by Gasteiger charge is 2.27. The monoisotopic (exact) mass is 325 g/mol. The largest absolute Gasteiger partial charge is 0.336 e. The molecule has 8 heteroatoms. The minimum Gasteiger partial charge on any atom is -0.336 e. The summed E-state index contributed by atoms with van der Waals surface area (Å²) in [5.74, 6) is 1.70. The van der Waals surface area contributed by atoms with E-state index >= 15 is 0 Å². The van der Waals surface area contributed by atoms with Gasteiger partial charge >= 0.3 is 0 Å². The number of carbonyl (C=O) groups is 1. The fourth-order valence-corrected chi connectivity index (χ4v) is 3.38. The van der Waals surface area contributed by atoms with E-state index in [0.29, 0.717) is 17.6 Å². The second kappa shape index (κ2) is 5.70.